The Kier molecular flexibility index (Phi) is 5.60. The van der Waals surface area contributed by atoms with E-state index in [2.05, 4.69) is 10.6 Å². The van der Waals surface area contributed by atoms with Gasteiger partial charge in [-0.3, -0.25) is 9.59 Å². The fraction of sp³-hybridized carbons (Fsp3) is 0.280. The number of fused-ring (bicyclic) bond motifs is 1. The van der Waals surface area contributed by atoms with E-state index in [0.717, 1.165) is 17.7 Å². The third kappa shape index (κ3) is 4.16. The molecule has 0 saturated heterocycles. The summed E-state index contributed by atoms with van der Waals surface area (Å²) in [6, 6.07) is 11.5. The first kappa shape index (κ1) is 21.8. The molecule has 2 aliphatic heterocycles. The fourth-order valence-electron chi connectivity index (χ4n) is 3.93. The van der Waals surface area contributed by atoms with Crippen LogP contribution < -0.4 is 10.6 Å². The largest absolute Gasteiger partial charge is 0.482 e. The van der Waals surface area contributed by atoms with Crippen LogP contribution in [0.5, 0.6) is 0 Å². The van der Waals surface area contributed by atoms with Gasteiger partial charge in [-0.25, -0.2) is 4.39 Å². The van der Waals surface area contributed by atoms with Crippen LogP contribution in [0.25, 0.3) is 11.1 Å². The number of carbonyl (C=O) groups is 2. The molecule has 0 saturated carbocycles. The van der Waals surface area contributed by atoms with Crippen LogP contribution in [-0.2, 0) is 9.53 Å². The number of carbonyl (C=O) groups excluding carboxylic acids is 2. The van der Waals surface area contributed by atoms with Crippen LogP contribution in [0.4, 0.5) is 10.1 Å². The van der Waals surface area contributed by atoms with E-state index in [1.54, 1.807) is 12.1 Å². The highest BCUT2D eigenvalue weighted by Gasteiger charge is 2.38. The number of allylic oxidation sites excluding steroid dienone is 1. The van der Waals surface area contributed by atoms with E-state index in [0.29, 0.717) is 34.7 Å². The van der Waals surface area contributed by atoms with Gasteiger partial charge in [-0.2, -0.15) is 0 Å². The number of rotatable bonds is 5. The van der Waals surface area contributed by atoms with Gasteiger partial charge in [-0.15, -0.1) is 0 Å². The number of benzene rings is 2. The molecule has 2 N–H and O–H groups in total. The molecule has 6 nitrogen and oxygen atoms in total. The molecule has 0 radical (unpaired) electrons. The maximum Gasteiger partial charge on any atom is 0.260 e. The second-order valence-corrected chi connectivity index (χ2v) is 8.69. The number of hydrogen-bond acceptors (Lipinski definition) is 4. The summed E-state index contributed by atoms with van der Waals surface area (Å²) >= 11 is 0. The van der Waals surface area contributed by atoms with Gasteiger partial charge < -0.3 is 20.3 Å². The SMILES string of the molecule is CN(C)CCNC(=O)c1cccc(C2=CC(=C3C(=O)Nc4cc(F)ccc43)OC2(C)C)c1. The summed E-state index contributed by atoms with van der Waals surface area (Å²) in [5.41, 5.74) is 2.94. The summed E-state index contributed by atoms with van der Waals surface area (Å²) in [5, 5.41) is 5.62. The maximum absolute atomic E-state index is 13.6. The lowest BCUT2D eigenvalue weighted by Crippen LogP contribution is -2.31. The Balaban J connectivity index is 1.68. The van der Waals surface area contributed by atoms with E-state index in [4.69, 9.17) is 4.74 Å². The second-order valence-electron chi connectivity index (χ2n) is 8.69. The molecule has 166 valence electrons. The zero-order chi connectivity index (χ0) is 23.0. The fourth-order valence-corrected chi connectivity index (χ4v) is 3.93. The van der Waals surface area contributed by atoms with Gasteiger partial charge in [0, 0.05) is 29.8 Å². The van der Waals surface area contributed by atoms with Crippen LogP contribution in [0.1, 0.15) is 35.3 Å². The minimum atomic E-state index is -0.717. The lowest BCUT2D eigenvalue weighted by atomic mass is 9.91. The van der Waals surface area contributed by atoms with Crippen molar-refractivity contribution in [3.05, 3.63) is 76.8 Å². The number of amides is 2. The Morgan fingerprint density at radius 3 is 2.72 bits per heavy atom. The van der Waals surface area contributed by atoms with E-state index >= 15 is 0 Å². The molecule has 7 heteroatoms. The van der Waals surface area contributed by atoms with E-state index in [1.165, 1.54) is 12.1 Å². The Hall–Kier alpha value is -3.45. The molecular weight excluding hydrogens is 409 g/mol. The summed E-state index contributed by atoms with van der Waals surface area (Å²) in [5.74, 6) is -0.466. The van der Waals surface area contributed by atoms with Crippen LogP contribution in [0.3, 0.4) is 0 Å². The molecule has 0 fully saturated rings. The minimum Gasteiger partial charge on any atom is -0.482 e. The topological polar surface area (TPSA) is 70.7 Å². The minimum absolute atomic E-state index is 0.143. The lowest BCUT2D eigenvalue weighted by molar-refractivity contribution is -0.111. The summed E-state index contributed by atoms with van der Waals surface area (Å²) in [6.07, 6.45) is 1.83. The first-order valence-electron chi connectivity index (χ1n) is 10.5. The quantitative estimate of drug-likeness (QED) is 0.703. The van der Waals surface area contributed by atoms with Crippen molar-refractivity contribution in [2.75, 3.05) is 32.5 Å². The Bertz CT molecular complexity index is 1160. The molecular formula is C25H26FN3O3. The first-order chi connectivity index (χ1) is 15.2. The predicted molar refractivity (Wildman–Crippen MR) is 122 cm³/mol. The molecule has 2 aliphatic rings. The summed E-state index contributed by atoms with van der Waals surface area (Å²) < 4.78 is 19.7. The summed E-state index contributed by atoms with van der Waals surface area (Å²) in [6.45, 7) is 5.13. The number of likely N-dealkylation sites (N-methyl/N-ethyl adjacent to an activating group) is 1. The molecule has 32 heavy (non-hydrogen) atoms. The third-order valence-electron chi connectivity index (χ3n) is 5.54. The van der Waals surface area contributed by atoms with Crippen LogP contribution in [0.15, 0.2) is 54.3 Å². The number of nitrogens with one attached hydrogen (secondary N) is 2. The molecule has 2 heterocycles. The van der Waals surface area contributed by atoms with Gasteiger partial charge in [0.1, 0.15) is 17.2 Å². The Morgan fingerprint density at radius 1 is 1.19 bits per heavy atom. The monoisotopic (exact) mass is 435 g/mol. The Morgan fingerprint density at radius 2 is 1.97 bits per heavy atom. The predicted octanol–water partition coefficient (Wildman–Crippen LogP) is 3.67. The van der Waals surface area contributed by atoms with E-state index < -0.39 is 11.4 Å². The van der Waals surface area contributed by atoms with Gasteiger partial charge in [0.2, 0.25) is 0 Å². The van der Waals surface area contributed by atoms with Crippen molar-refractivity contribution in [3.63, 3.8) is 0 Å². The molecule has 0 bridgehead atoms. The molecule has 0 atom stereocenters. The van der Waals surface area contributed by atoms with Gasteiger partial charge in [-0.05, 0) is 69.9 Å². The molecule has 0 spiro atoms. The van der Waals surface area contributed by atoms with Crippen molar-refractivity contribution in [1.82, 2.24) is 10.2 Å². The van der Waals surface area contributed by atoms with E-state index in [1.807, 2.05) is 57.1 Å². The van der Waals surface area contributed by atoms with Crippen LogP contribution in [0, 0.1) is 5.82 Å². The van der Waals surface area contributed by atoms with Crippen molar-refractivity contribution < 1.29 is 18.7 Å². The van der Waals surface area contributed by atoms with E-state index in [9.17, 15) is 14.0 Å². The second kappa shape index (κ2) is 8.24. The average molecular weight is 435 g/mol. The zero-order valence-corrected chi connectivity index (χ0v) is 18.6. The third-order valence-corrected chi connectivity index (χ3v) is 5.54. The maximum atomic E-state index is 13.6. The summed E-state index contributed by atoms with van der Waals surface area (Å²) in [4.78, 5) is 27.2. The highest BCUT2D eigenvalue weighted by molar-refractivity contribution is 6.32. The van der Waals surface area contributed by atoms with Gasteiger partial charge in [0.15, 0.2) is 0 Å². The normalized spacial score (nSPS) is 18.8. The van der Waals surface area contributed by atoms with Gasteiger partial charge in [0.05, 0.1) is 11.3 Å². The smallest absolute Gasteiger partial charge is 0.260 e. The molecule has 2 aromatic rings. The summed E-state index contributed by atoms with van der Waals surface area (Å²) in [7, 11) is 3.90. The zero-order valence-electron chi connectivity index (χ0n) is 18.6. The van der Waals surface area contributed by atoms with Crippen LogP contribution in [-0.4, -0.2) is 49.5 Å². The van der Waals surface area contributed by atoms with Gasteiger partial charge >= 0.3 is 0 Å². The number of ether oxygens (including phenoxy) is 1. The van der Waals surface area contributed by atoms with Crippen LogP contribution >= 0.6 is 0 Å². The van der Waals surface area contributed by atoms with Crippen molar-refractivity contribution in [2.24, 2.45) is 0 Å². The molecule has 2 aromatic carbocycles. The standard InChI is InChI=1S/C25H26FN3O3/c1-25(2)19(15-6-5-7-16(12-15)23(30)27-10-11-29(3)4)14-21(32-25)22-18-9-8-17(26)13-20(18)28-24(22)31/h5-9,12-14H,10-11H2,1-4H3,(H,27,30)(H,28,31). The van der Waals surface area contributed by atoms with Crippen molar-refractivity contribution >= 4 is 28.6 Å². The number of halogens is 1. The van der Waals surface area contributed by atoms with Gasteiger partial charge in [0.25, 0.3) is 11.8 Å². The van der Waals surface area contributed by atoms with Crippen molar-refractivity contribution in [3.8, 4) is 0 Å². The van der Waals surface area contributed by atoms with Crippen molar-refractivity contribution in [2.45, 2.75) is 19.4 Å². The number of nitrogens with zero attached hydrogens (tertiary/aromatic N) is 1. The van der Waals surface area contributed by atoms with Crippen LogP contribution in [0.2, 0.25) is 0 Å². The highest BCUT2D eigenvalue weighted by Crippen LogP contribution is 2.44. The van der Waals surface area contributed by atoms with E-state index in [-0.39, 0.29) is 11.8 Å². The first-order valence-corrected chi connectivity index (χ1v) is 10.5. The molecule has 2 amide bonds. The average Bonchev–Trinajstić information content (AvgIpc) is 3.21. The Labute approximate surface area is 186 Å². The van der Waals surface area contributed by atoms with Crippen molar-refractivity contribution in [1.29, 1.82) is 0 Å². The number of hydrogen-bond donors (Lipinski definition) is 2. The molecule has 0 unspecified atom stereocenters. The lowest BCUT2D eigenvalue weighted by Gasteiger charge is -2.23. The highest BCUT2D eigenvalue weighted by atomic mass is 19.1. The molecule has 0 aliphatic carbocycles. The number of anilines is 1. The van der Waals surface area contributed by atoms with Gasteiger partial charge in [-0.1, -0.05) is 12.1 Å². The molecule has 4 rings (SSSR count). The molecule has 0 aromatic heterocycles.